The van der Waals surface area contributed by atoms with Crippen LogP contribution in [0.4, 0.5) is 10.5 Å². The fourth-order valence-corrected chi connectivity index (χ4v) is 3.90. The minimum Gasteiger partial charge on any atom is -0.352 e. The Morgan fingerprint density at radius 2 is 1.54 bits per heavy atom. The Morgan fingerprint density at radius 1 is 0.897 bits per heavy atom. The number of carbonyl (C=O) groups excluding carboxylic acids is 6. The first-order valence-electron chi connectivity index (χ1n) is 13.0. The molecule has 0 unspecified atom stereocenters. The van der Waals surface area contributed by atoms with Crippen molar-refractivity contribution in [1.82, 2.24) is 20.9 Å². The summed E-state index contributed by atoms with van der Waals surface area (Å²) < 4.78 is 0. The standard InChI is InChI=1S/C27H38N6O6/c1-17(2)24(32-21(34)8-4-5-16-33-22(35)13-14-23(33)36)26(38)31-20(7-6-15-29-27(28)39)25(37)30-19-11-9-18(3)10-12-19/h9-14,17,20,24H,4-8,15-16H2,1-3H3,(H,30,37)(H,31,38)(H,32,34)(H3,28,29,39)/t20-,24-/m0/s1. The highest BCUT2D eigenvalue weighted by atomic mass is 16.2. The molecule has 6 N–H and O–H groups in total. The van der Waals surface area contributed by atoms with Crippen molar-refractivity contribution in [2.75, 3.05) is 18.4 Å². The lowest BCUT2D eigenvalue weighted by Gasteiger charge is -2.25. The van der Waals surface area contributed by atoms with Crippen LogP contribution in [0.2, 0.25) is 0 Å². The van der Waals surface area contributed by atoms with Crippen molar-refractivity contribution >= 4 is 41.3 Å². The average Bonchev–Trinajstić information content (AvgIpc) is 3.19. The minimum atomic E-state index is -0.921. The predicted molar refractivity (Wildman–Crippen MR) is 145 cm³/mol. The van der Waals surface area contributed by atoms with Gasteiger partial charge in [0.05, 0.1) is 0 Å². The van der Waals surface area contributed by atoms with Crippen LogP contribution in [0.25, 0.3) is 0 Å². The Labute approximate surface area is 228 Å². The van der Waals surface area contributed by atoms with Crippen LogP contribution in [0.15, 0.2) is 36.4 Å². The molecule has 2 rings (SSSR count). The van der Waals surface area contributed by atoms with E-state index in [0.717, 1.165) is 10.5 Å². The first-order chi connectivity index (χ1) is 18.5. The molecule has 1 aromatic rings. The zero-order valence-corrected chi connectivity index (χ0v) is 22.6. The van der Waals surface area contributed by atoms with E-state index < -0.39 is 29.9 Å². The molecule has 39 heavy (non-hydrogen) atoms. The second kappa shape index (κ2) is 15.3. The molecule has 0 radical (unpaired) electrons. The van der Waals surface area contributed by atoms with Gasteiger partial charge in [-0.25, -0.2) is 4.79 Å². The van der Waals surface area contributed by atoms with Crippen molar-refractivity contribution in [3.8, 4) is 0 Å². The zero-order valence-electron chi connectivity index (χ0n) is 22.6. The summed E-state index contributed by atoms with van der Waals surface area (Å²) in [5.74, 6) is -2.30. The highest BCUT2D eigenvalue weighted by Crippen LogP contribution is 2.12. The number of unbranched alkanes of at least 4 members (excludes halogenated alkanes) is 1. The number of urea groups is 1. The van der Waals surface area contributed by atoms with Gasteiger partial charge in [-0.1, -0.05) is 31.5 Å². The molecular weight excluding hydrogens is 504 g/mol. The van der Waals surface area contributed by atoms with E-state index in [9.17, 15) is 28.8 Å². The summed E-state index contributed by atoms with van der Waals surface area (Å²) >= 11 is 0. The Balaban J connectivity index is 1.94. The van der Waals surface area contributed by atoms with Crippen molar-refractivity contribution in [3.05, 3.63) is 42.0 Å². The summed E-state index contributed by atoms with van der Waals surface area (Å²) in [6, 6.07) is 4.72. The number of nitrogens with zero attached hydrogens (tertiary/aromatic N) is 1. The van der Waals surface area contributed by atoms with E-state index in [1.165, 1.54) is 12.2 Å². The minimum absolute atomic E-state index is 0.107. The van der Waals surface area contributed by atoms with Crippen LogP contribution in [0.5, 0.6) is 0 Å². The molecule has 1 aromatic carbocycles. The third kappa shape index (κ3) is 10.6. The number of aryl methyl sites for hydroxylation is 1. The molecule has 0 saturated heterocycles. The molecule has 0 spiro atoms. The molecule has 0 saturated carbocycles. The predicted octanol–water partition coefficient (Wildman–Crippen LogP) is 1.10. The Kier molecular flexibility index (Phi) is 12.1. The van der Waals surface area contributed by atoms with E-state index in [1.807, 2.05) is 19.1 Å². The van der Waals surface area contributed by atoms with Crippen LogP contribution in [0, 0.1) is 12.8 Å². The number of imide groups is 1. The van der Waals surface area contributed by atoms with Crippen molar-refractivity contribution in [2.24, 2.45) is 11.7 Å². The lowest BCUT2D eigenvalue weighted by Crippen LogP contribution is -2.54. The molecule has 12 nitrogen and oxygen atoms in total. The Hall–Kier alpha value is -4.22. The highest BCUT2D eigenvalue weighted by molar-refractivity contribution is 6.12. The smallest absolute Gasteiger partial charge is 0.312 e. The molecule has 0 fully saturated rings. The van der Waals surface area contributed by atoms with Gasteiger partial charge < -0.3 is 27.0 Å². The van der Waals surface area contributed by atoms with Crippen LogP contribution >= 0.6 is 0 Å². The van der Waals surface area contributed by atoms with E-state index in [0.29, 0.717) is 24.9 Å². The molecule has 0 aromatic heterocycles. The van der Waals surface area contributed by atoms with Gasteiger partial charge in [0.15, 0.2) is 0 Å². The van der Waals surface area contributed by atoms with E-state index >= 15 is 0 Å². The monoisotopic (exact) mass is 542 g/mol. The summed E-state index contributed by atoms with van der Waals surface area (Å²) in [6.45, 7) is 5.93. The van der Waals surface area contributed by atoms with E-state index in [-0.39, 0.29) is 49.6 Å². The van der Waals surface area contributed by atoms with E-state index in [2.05, 4.69) is 21.3 Å². The summed E-state index contributed by atoms with van der Waals surface area (Å²) in [5, 5.41) is 10.7. The van der Waals surface area contributed by atoms with Gasteiger partial charge in [0.2, 0.25) is 17.7 Å². The second-order valence-electron chi connectivity index (χ2n) is 9.76. The summed E-state index contributed by atoms with van der Waals surface area (Å²) in [4.78, 5) is 74.1. The molecule has 2 atom stereocenters. The summed E-state index contributed by atoms with van der Waals surface area (Å²) in [7, 11) is 0. The molecular formula is C27H38N6O6. The number of primary amides is 1. The second-order valence-corrected chi connectivity index (χ2v) is 9.76. The van der Waals surface area contributed by atoms with Gasteiger partial charge in [-0.2, -0.15) is 0 Å². The number of benzene rings is 1. The van der Waals surface area contributed by atoms with Gasteiger partial charge in [0.25, 0.3) is 11.8 Å². The highest BCUT2D eigenvalue weighted by Gasteiger charge is 2.29. The SMILES string of the molecule is Cc1ccc(NC(=O)[C@H](CCCNC(N)=O)NC(=O)[C@@H](NC(=O)CCCCN2C(=O)C=CC2=O)C(C)C)cc1. The maximum atomic E-state index is 13.2. The fourth-order valence-electron chi connectivity index (χ4n) is 3.90. The van der Waals surface area contributed by atoms with Crippen molar-refractivity contribution in [1.29, 1.82) is 0 Å². The lowest BCUT2D eigenvalue weighted by molar-refractivity contribution is -0.136. The van der Waals surface area contributed by atoms with Crippen LogP contribution in [0.3, 0.4) is 0 Å². The largest absolute Gasteiger partial charge is 0.352 e. The number of nitrogens with one attached hydrogen (secondary N) is 4. The van der Waals surface area contributed by atoms with Crippen LogP contribution in [-0.2, 0) is 24.0 Å². The molecule has 7 amide bonds. The van der Waals surface area contributed by atoms with Crippen LogP contribution in [0.1, 0.15) is 51.5 Å². The van der Waals surface area contributed by atoms with Gasteiger partial charge in [0, 0.05) is 37.3 Å². The molecule has 1 aliphatic rings. The van der Waals surface area contributed by atoms with Gasteiger partial charge in [-0.05, 0) is 50.7 Å². The zero-order chi connectivity index (χ0) is 28.9. The molecule has 12 heteroatoms. The molecule has 1 aliphatic heterocycles. The Morgan fingerprint density at radius 3 is 2.13 bits per heavy atom. The maximum Gasteiger partial charge on any atom is 0.312 e. The Bertz CT molecular complexity index is 1070. The molecule has 1 heterocycles. The quantitative estimate of drug-likeness (QED) is 0.163. The van der Waals surface area contributed by atoms with E-state index in [1.54, 1.807) is 26.0 Å². The number of hydrogen-bond acceptors (Lipinski definition) is 6. The number of anilines is 1. The third-order valence-electron chi connectivity index (χ3n) is 6.12. The summed E-state index contributed by atoms with van der Waals surface area (Å²) in [5.41, 5.74) is 6.70. The topological polar surface area (TPSA) is 180 Å². The molecule has 0 bridgehead atoms. The van der Waals surface area contributed by atoms with Crippen LogP contribution < -0.4 is 27.0 Å². The van der Waals surface area contributed by atoms with Crippen molar-refractivity contribution in [3.63, 3.8) is 0 Å². The number of nitrogens with two attached hydrogens (primary N) is 1. The average molecular weight is 543 g/mol. The maximum absolute atomic E-state index is 13.2. The first kappa shape index (κ1) is 31.0. The third-order valence-corrected chi connectivity index (χ3v) is 6.12. The number of hydrogen-bond donors (Lipinski definition) is 5. The number of amides is 7. The normalized spacial score (nSPS) is 14.2. The summed E-state index contributed by atoms with van der Waals surface area (Å²) in [6.07, 6.45) is 4.01. The number of carbonyl (C=O) groups is 6. The van der Waals surface area contributed by atoms with E-state index in [4.69, 9.17) is 5.73 Å². The van der Waals surface area contributed by atoms with Crippen LogP contribution in [-0.4, -0.2) is 65.6 Å². The van der Waals surface area contributed by atoms with Gasteiger partial charge >= 0.3 is 6.03 Å². The molecule has 0 aliphatic carbocycles. The first-order valence-corrected chi connectivity index (χ1v) is 13.0. The van der Waals surface area contributed by atoms with Crippen molar-refractivity contribution in [2.45, 2.75) is 65.0 Å². The van der Waals surface area contributed by atoms with Gasteiger partial charge in [0.1, 0.15) is 12.1 Å². The lowest BCUT2D eigenvalue weighted by atomic mass is 10.0. The molecule has 212 valence electrons. The van der Waals surface area contributed by atoms with Crippen molar-refractivity contribution < 1.29 is 28.8 Å². The van der Waals surface area contributed by atoms with Gasteiger partial charge in [-0.3, -0.25) is 28.9 Å². The fraction of sp³-hybridized carbons (Fsp3) is 0.481. The number of rotatable bonds is 15. The van der Waals surface area contributed by atoms with Gasteiger partial charge in [-0.15, -0.1) is 0 Å².